The number of ether oxygens (including phenoxy) is 1. The van der Waals surface area contributed by atoms with Gasteiger partial charge in [0.15, 0.2) is 0 Å². The highest BCUT2D eigenvalue weighted by molar-refractivity contribution is 7.19. The third kappa shape index (κ3) is 3.32. The van der Waals surface area contributed by atoms with Gasteiger partial charge in [0.05, 0.1) is 10.2 Å². The summed E-state index contributed by atoms with van der Waals surface area (Å²) in [7, 11) is 0. The van der Waals surface area contributed by atoms with Gasteiger partial charge in [-0.15, -0.1) is 11.3 Å². The first kappa shape index (κ1) is 13.5. The fourth-order valence-corrected chi connectivity index (χ4v) is 2.65. The van der Waals surface area contributed by atoms with Gasteiger partial charge in [-0.05, 0) is 30.3 Å². The molecule has 1 aromatic heterocycles. The molecule has 0 N–H and O–H groups in total. The molecular formula is C16H10FNO2S. The molecule has 3 nitrogen and oxygen atoms in total. The number of esters is 1. The molecule has 0 aliphatic rings. The van der Waals surface area contributed by atoms with Gasteiger partial charge in [0.2, 0.25) is 0 Å². The van der Waals surface area contributed by atoms with E-state index in [4.69, 9.17) is 4.74 Å². The molecule has 104 valence electrons. The Morgan fingerprint density at radius 1 is 1.19 bits per heavy atom. The van der Waals surface area contributed by atoms with Gasteiger partial charge in [0.1, 0.15) is 16.6 Å². The van der Waals surface area contributed by atoms with Crippen LogP contribution in [0, 0.1) is 5.82 Å². The van der Waals surface area contributed by atoms with Crippen molar-refractivity contribution >= 4 is 33.6 Å². The maximum absolute atomic E-state index is 13.0. The van der Waals surface area contributed by atoms with E-state index in [0.717, 1.165) is 16.3 Å². The molecule has 0 atom stereocenters. The van der Waals surface area contributed by atoms with Gasteiger partial charge in [-0.3, -0.25) is 0 Å². The fourth-order valence-electron chi connectivity index (χ4n) is 1.78. The van der Waals surface area contributed by atoms with Crippen LogP contribution in [-0.2, 0) is 4.79 Å². The Morgan fingerprint density at radius 3 is 2.86 bits per heavy atom. The number of thiazole rings is 1. The van der Waals surface area contributed by atoms with Gasteiger partial charge in [-0.25, -0.2) is 14.2 Å². The van der Waals surface area contributed by atoms with E-state index in [0.29, 0.717) is 5.01 Å². The minimum Gasteiger partial charge on any atom is -0.423 e. The minimum absolute atomic E-state index is 0.175. The molecule has 0 saturated heterocycles. The van der Waals surface area contributed by atoms with Gasteiger partial charge in [0, 0.05) is 12.1 Å². The number of benzene rings is 2. The molecule has 3 rings (SSSR count). The molecule has 0 aliphatic carbocycles. The van der Waals surface area contributed by atoms with E-state index in [1.54, 1.807) is 6.08 Å². The summed E-state index contributed by atoms with van der Waals surface area (Å²) in [5.74, 6) is -0.843. The molecule has 0 fully saturated rings. The average Bonchev–Trinajstić information content (AvgIpc) is 2.88. The summed E-state index contributed by atoms with van der Waals surface area (Å²) in [6.45, 7) is 0. The Bertz CT molecular complexity index is 793. The van der Waals surface area contributed by atoms with Gasteiger partial charge in [-0.1, -0.05) is 18.2 Å². The standard InChI is InChI=1S/C16H10FNO2S/c17-11-4-3-5-12(10-11)20-16(19)9-8-15-18-13-6-1-2-7-14(13)21-15/h1-10H/b9-8+. The lowest BCUT2D eigenvalue weighted by molar-refractivity contribution is -0.128. The minimum atomic E-state index is -0.570. The number of para-hydroxylation sites is 1. The van der Waals surface area contributed by atoms with Crippen LogP contribution in [0.4, 0.5) is 4.39 Å². The molecule has 0 radical (unpaired) electrons. The highest BCUT2D eigenvalue weighted by atomic mass is 32.1. The van der Waals surface area contributed by atoms with Crippen LogP contribution in [0.2, 0.25) is 0 Å². The second kappa shape index (κ2) is 5.85. The van der Waals surface area contributed by atoms with Crippen molar-refractivity contribution < 1.29 is 13.9 Å². The number of halogens is 1. The Hall–Kier alpha value is -2.53. The summed E-state index contributed by atoms with van der Waals surface area (Å²) >= 11 is 1.48. The van der Waals surface area contributed by atoms with Crippen molar-refractivity contribution in [1.29, 1.82) is 0 Å². The molecule has 1 heterocycles. The maximum Gasteiger partial charge on any atom is 0.336 e. The molecule has 0 amide bonds. The van der Waals surface area contributed by atoms with E-state index in [-0.39, 0.29) is 5.75 Å². The maximum atomic E-state index is 13.0. The van der Waals surface area contributed by atoms with Crippen LogP contribution >= 0.6 is 11.3 Å². The first-order valence-electron chi connectivity index (χ1n) is 6.22. The summed E-state index contributed by atoms with van der Waals surface area (Å²) in [4.78, 5) is 16.0. The van der Waals surface area contributed by atoms with E-state index in [1.807, 2.05) is 24.3 Å². The Morgan fingerprint density at radius 2 is 2.05 bits per heavy atom. The number of rotatable bonds is 3. The molecular weight excluding hydrogens is 289 g/mol. The van der Waals surface area contributed by atoms with Crippen LogP contribution in [0.3, 0.4) is 0 Å². The van der Waals surface area contributed by atoms with Gasteiger partial charge in [-0.2, -0.15) is 0 Å². The van der Waals surface area contributed by atoms with Crippen molar-refractivity contribution in [2.24, 2.45) is 0 Å². The van der Waals surface area contributed by atoms with E-state index in [2.05, 4.69) is 4.98 Å². The molecule has 5 heteroatoms. The highest BCUT2D eigenvalue weighted by Crippen LogP contribution is 2.22. The molecule has 0 aliphatic heterocycles. The number of carbonyl (C=O) groups is 1. The lowest BCUT2D eigenvalue weighted by Gasteiger charge is -1.99. The molecule has 0 spiro atoms. The number of fused-ring (bicyclic) bond motifs is 1. The second-order valence-electron chi connectivity index (χ2n) is 4.23. The number of nitrogens with zero attached hydrogens (tertiary/aromatic N) is 1. The van der Waals surface area contributed by atoms with Crippen molar-refractivity contribution in [3.63, 3.8) is 0 Å². The topological polar surface area (TPSA) is 39.2 Å². The van der Waals surface area contributed by atoms with Crippen LogP contribution < -0.4 is 4.74 Å². The van der Waals surface area contributed by atoms with E-state index >= 15 is 0 Å². The second-order valence-corrected chi connectivity index (χ2v) is 5.29. The van der Waals surface area contributed by atoms with E-state index in [9.17, 15) is 9.18 Å². The van der Waals surface area contributed by atoms with Gasteiger partial charge >= 0.3 is 5.97 Å². The van der Waals surface area contributed by atoms with E-state index < -0.39 is 11.8 Å². The molecule has 2 aromatic carbocycles. The summed E-state index contributed by atoms with van der Waals surface area (Å²) in [5, 5.41) is 0.715. The Kier molecular flexibility index (Phi) is 3.75. The van der Waals surface area contributed by atoms with Crippen molar-refractivity contribution in [2.45, 2.75) is 0 Å². The Labute approximate surface area is 124 Å². The van der Waals surface area contributed by atoms with Crippen molar-refractivity contribution in [3.05, 3.63) is 65.4 Å². The quantitative estimate of drug-likeness (QED) is 0.416. The SMILES string of the molecule is O=C(/C=C/c1nc2ccccc2s1)Oc1cccc(F)c1. The predicted octanol–water partition coefficient (Wildman–Crippen LogP) is 4.05. The zero-order valence-electron chi connectivity index (χ0n) is 10.8. The lowest BCUT2D eigenvalue weighted by Crippen LogP contribution is -2.03. The number of hydrogen-bond donors (Lipinski definition) is 0. The summed E-state index contributed by atoms with van der Waals surface area (Å²) in [6.07, 6.45) is 2.87. The third-order valence-corrected chi connectivity index (χ3v) is 3.69. The van der Waals surface area contributed by atoms with Crippen LogP contribution in [0.25, 0.3) is 16.3 Å². The van der Waals surface area contributed by atoms with Crippen LogP contribution in [0.15, 0.2) is 54.6 Å². The number of hydrogen-bond acceptors (Lipinski definition) is 4. The van der Waals surface area contributed by atoms with Gasteiger partial charge in [0.25, 0.3) is 0 Å². The zero-order chi connectivity index (χ0) is 14.7. The number of aromatic nitrogens is 1. The fraction of sp³-hybridized carbons (Fsp3) is 0. The first-order valence-corrected chi connectivity index (χ1v) is 7.03. The normalized spacial score (nSPS) is 11.1. The Balaban J connectivity index is 1.71. The highest BCUT2D eigenvalue weighted by Gasteiger charge is 2.03. The first-order chi connectivity index (χ1) is 10.2. The van der Waals surface area contributed by atoms with Gasteiger partial charge < -0.3 is 4.74 Å². The summed E-state index contributed by atoms with van der Waals surface area (Å²) in [6, 6.07) is 13.2. The zero-order valence-corrected chi connectivity index (χ0v) is 11.6. The average molecular weight is 299 g/mol. The van der Waals surface area contributed by atoms with E-state index in [1.165, 1.54) is 35.6 Å². The lowest BCUT2D eigenvalue weighted by atomic mass is 10.3. The number of carbonyl (C=O) groups excluding carboxylic acids is 1. The predicted molar refractivity (Wildman–Crippen MR) is 80.7 cm³/mol. The van der Waals surface area contributed by atoms with Crippen LogP contribution in [-0.4, -0.2) is 11.0 Å². The molecule has 0 bridgehead atoms. The summed E-state index contributed by atoms with van der Waals surface area (Å²) in [5.41, 5.74) is 0.889. The molecule has 0 unspecified atom stereocenters. The largest absolute Gasteiger partial charge is 0.423 e. The van der Waals surface area contributed by atoms with Crippen LogP contribution in [0.5, 0.6) is 5.75 Å². The molecule has 21 heavy (non-hydrogen) atoms. The molecule has 3 aromatic rings. The van der Waals surface area contributed by atoms with Crippen molar-refractivity contribution in [1.82, 2.24) is 4.98 Å². The summed E-state index contributed by atoms with van der Waals surface area (Å²) < 4.78 is 19.0. The smallest absolute Gasteiger partial charge is 0.336 e. The molecule has 0 saturated carbocycles. The van der Waals surface area contributed by atoms with Crippen molar-refractivity contribution in [2.75, 3.05) is 0 Å². The van der Waals surface area contributed by atoms with Crippen molar-refractivity contribution in [3.8, 4) is 5.75 Å². The monoisotopic (exact) mass is 299 g/mol. The third-order valence-electron chi connectivity index (χ3n) is 2.69. The van der Waals surface area contributed by atoms with Crippen LogP contribution in [0.1, 0.15) is 5.01 Å².